The summed E-state index contributed by atoms with van der Waals surface area (Å²) in [5.41, 5.74) is 0.620. The molecular formula is C14H17IN2O2. The van der Waals surface area contributed by atoms with Gasteiger partial charge in [-0.3, -0.25) is 9.59 Å². The molecule has 1 N–H and O–H groups in total. The van der Waals surface area contributed by atoms with Crippen LogP contribution in [0.2, 0.25) is 0 Å². The summed E-state index contributed by atoms with van der Waals surface area (Å²) < 4.78 is 0.892. The lowest BCUT2D eigenvalue weighted by Gasteiger charge is -2.26. The van der Waals surface area contributed by atoms with Gasteiger partial charge in [0.15, 0.2) is 0 Å². The van der Waals surface area contributed by atoms with Crippen molar-refractivity contribution in [3.8, 4) is 0 Å². The van der Waals surface area contributed by atoms with Crippen molar-refractivity contribution in [1.82, 2.24) is 10.2 Å². The van der Waals surface area contributed by atoms with E-state index in [-0.39, 0.29) is 18.4 Å². The Morgan fingerprint density at radius 2 is 1.84 bits per heavy atom. The van der Waals surface area contributed by atoms with Gasteiger partial charge in [-0.05, 0) is 54.0 Å². The van der Waals surface area contributed by atoms with E-state index in [9.17, 15) is 9.59 Å². The SMILES string of the molecule is O=C(NCC(=O)N1CCCCC1)c1ccccc1I. The van der Waals surface area contributed by atoms with Gasteiger partial charge < -0.3 is 10.2 Å². The number of carbonyl (C=O) groups is 2. The van der Waals surface area contributed by atoms with Crippen molar-refractivity contribution in [2.45, 2.75) is 19.3 Å². The van der Waals surface area contributed by atoms with Gasteiger partial charge in [-0.15, -0.1) is 0 Å². The molecule has 102 valence electrons. The average molecular weight is 372 g/mol. The molecule has 1 saturated heterocycles. The van der Waals surface area contributed by atoms with E-state index in [1.54, 1.807) is 6.07 Å². The van der Waals surface area contributed by atoms with Crippen molar-refractivity contribution < 1.29 is 9.59 Å². The Balaban J connectivity index is 1.86. The number of carbonyl (C=O) groups excluding carboxylic acids is 2. The highest BCUT2D eigenvalue weighted by Gasteiger charge is 2.17. The van der Waals surface area contributed by atoms with Crippen LogP contribution in [-0.4, -0.2) is 36.3 Å². The molecule has 1 aromatic rings. The Bertz CT molecular complexity index is 470. The number of hydrogen-bond donors (Lipinski definition) is 1. The molecule has 0 spiro atoms. The smallest absolute Gasteiger partial charge is 0.252 e. The third-order valence-corrected chi connectivity index (χ3v) is 4.17. The van der Waals surface area contributed by atoms with Gasteiger partial charge in [-0.25, -0.2) is 0 Å². The summed E-state index contributed by atoms with van der Waals surface area (Å²) in [4.78, 5) is 25.7. The van der Waals surface area contributed by atoms with Crippen molar-refractivity contribution in [2.24, 2.45) is 0 Å². The van der Waals surface area contributed by atoms with Gasteiger partial charge in [-0.2, -0.15) is 0 Å². The highest BCUT2D eigenvalue weighted by molar-refractivity contribution is 14.1. The Morgan fingerprint density at radius 1 is 1.16 bits per heavy atom. The van der Waals surface area contributed by atoms with Crippen LogP contribution in [0.4, 0.5) is 0 Å². The second-order valence-electron chi connectivity index (χ2n) is 4.60. The van der Waals surface area contributed by atoms with E-state index >= 15 is 0 Å². The van der Waals surface area contributed by atoms with Crippen molar-refractivity contribution in [2.75, 3.05) is 19.6 Å². The van der Waals surface area contributed by atoms with Crippen molar-refractivity contribution in [3.63, 3.8) is 0 Å². The van der Waals surface area contributed by atoms with Gasteiger partial charge >= 0.3 is 0 Å². The molecule has 2 rings (SSSR count). The summed E-state index contributed by atoms with van der Waals surface area (Å²) in [5, 5.41) is 2.70. The largest absolute Gasteiger partial charge is 0.343 e. The number of nitrogens with zero attached hydrogens (tertiary/aromatic N) is 1. The van der Waals surface area contributed by atoms with Crippen LogP contribution in [0, 0.1) is 3.57 Å². The van der Waals surface area contributed by atoms with E-state index in [1.165, 1.54) is 6.42 Å². The molecular weight excluding hydrogens is 355 g/mol. The molecule has 19 heavy (non-hydrogen) atoms. The third-order valence-electron chi connectivity index (χ3n) is 3.23. The maximum atomic E-state index is 12.0. The predicted molar refractivity (Wildman–Crippen MR) is 81.9 cm³/mol. The maximum absolute atomic E-state index is 12.0. The molecule has 0 atom stereocenters. The minimum Gasteiger partial charge on any atom is -0.343 e. The van der Waals surface area contributed by atoms with Gasteiger partial charge in [-0.1, -0.05) is 12.1 Å². The molecule has 1 aromatic carbocycles. The number of likely N-dealkylation sites (tertiary alicyclic amines) is 1. The van der Waals surface area contributed by atoms with Crippen LogP contribution in [0.1, 0.15) is 29.6 Å². The Kier molecular flexibility index (Phi) is 5.18. The van der Waals surface area contributed by atoms with Crippen LogP contribution >= 0.6 is 22.6 Å². The summed E-state index contributed by atoms with van der Waals surface area (Å²) in [6.07, 6.45) is 3.32. The average Bonchev–Trinajstić information content (AvgIpc) is 2.46. The number of hydrogen-bond acceptors (Lipinski definition) is 2. The van der Waals surface area contributed by atoms with Crippen LogP contribution in [0.5, 0.6) is 0 Å². The molecule has 0 aromatic heterocycles. The van der Waals surface area contributed by atoms with Gasteiger partial charge in [0, 0.05) is 16.7 Å². The quantitative estimate of drug-likeness (QED) is 0.826. The molecule has 0 unspecified atom stereocenters. The molecule has 4 nitrogen and oxygen atoms in total. The monoisotopic (exact) mass is 372 g/mol. The lowest BCUT2D eigenvalue weighted by Crippen LogP contribution is -2.42. The molecule has 1 heterocycles. The van der Waals surface area contributed by atoms with E-state index in [0.717, 1.165) is 29.5 Å². The molecule has 0 bridgehead atoms. The fourth-order valence-corrected chi connectivity index (χ4v) is 2.78. The van der Waals surface area contributed by atoms with Gasteiger partial charge in [0.25, 0.3) is 5.91 Å². The zero-order valence-electron chi connectivity index (χ0n) is 10.7. The zero-order valence-corrected chi connectivity index (χ0v) is 12.9. The van der Waals surface area contributed by atoms with E-state index in [1.807, 2.05) is 23.1 Å². The number of amides is 2. The molecule has 1 fully saturated rings. The number of rotatable bonds is 3. The van der Waals surface area contributed by atoms with Crippen LogP contribution < -0.4 is 5.32 Å². The molecule has 0 aliphatic carbocycles. The van der Waals surface area contributed by atoms with E-state index in [0.29, 0.717) is 5.56 Å². The summed E-state index contributed by atoms with van der Waals surface area (Å²) >= 11 is 2.12. The Morgan fingerprint density at radius 3 is 2.53 bits per heavy atom. The minimum atomic E-state index is -0.185. The zero-order chi connectivity index (χ0) is 13.7. The van der Waals surface area contributed by atoms with E-state index in [4.69, 9.17) is 0 Å². The van der Waals surface area contributed by atoms with Gasteiger partial charge in [0.2, 0.25) is 5.91 Å². The topological polar surface area (TPSA) is 49.4 Å². The standard InChI is InChI=1S/C14H17IN2O2/c15-12-7-3-2-6-11(12)14(19)16-10-13(18)17-8-4-1-5-9-17/h2-3,6-7H,1,4-5,8-10H2,(H,16,19). The lowest BCUT2D eigenvalue weighted by molar-refractivity contribution is -0.130. The minimum absolute atomic E-state index is 0.0130. The van der Waals surface area contributed by atoms with Gasteiger partial charge in [0.05, 0.1) is 12.1 Å². The van der Waals surface area contributed by atoms with Crippen molar-refractivity contribution >= 4 is 34.4 Å². The van der Waals surface area contributed by atoms with Gasteiger partial charge in [0.1, 0.15) is 0 Å². The molecule has 5 heteroatoms. The number of benzene rings is 1. The summed E-state index contributed by atoms with van der Waals surface area (Å²) in [7, 11) is 0. The first-order chi connectivity index (χ1) is 9.18. The van der Waals surface area contributed by atoms with Crippen molar-refractivity contribution in [1.29, 1.82) is 0 Å². The Hall–Kier alpha value is -1.11. The summed E-state index contributed by atoms with van der Waals surface area (Å²) in [6.45, 7) is 1.72. The molecule has 0 radical (unpaired) electrons. The van der Waals surface area contributed by atoms with E-state index < -0.39 is 0 Å². The molecule has 1 aliphatic rings. The Labute approximate surface area is 126 Å². The van der Waals surface area contributed by atoms with Crippen LogP contribution in [0.25, 0.3) is 0 Å². The van der Waals surface area contributed by atoms with Crippen LogP contribution in [0.15, 0.2) is 24.3 Å². The van der Waals surface area contributed by atoms with Crippen molar-refractivity contribution in [3.05, 3.63) is 33.4 Å². The normalized spacial score (nSPS) is 15.1. The van der Waals surface area contributed by atoms with Crippen LogP contribution in [-0.2, 0) is 4.79 Å². The fraction of sp³-hybridized carbons (Fsp3) is 0.429. The molecule has 1 aliphatic heterocycles. The number of piperidine rings is 1. The summed E-state index contributed by atoms with van der Waals surface area (Å²) in [6, 6.07) is 7.35. The third kappa shape index (κ3) is 3.92. The molecule has 2 amide bonds. The fourth-order valence-electron chi connectivity index (χ4n) is 2.15. The maximum Gasteiger partial charge on any atom is 0.252 e. The first-order valence-electron chi connectivity index (χ1n) is 6.49. The number of nitrogens with one attached hydrogen (secondary N) is 1. The second kappa shape index (κ2) is 6.88. The predicted octanol–water partition coefficient (Wildman–Crippen LogP) is 2.03. The highest BCUT2D eigenvalue weighted by Crippen LogP contribution is 2.11. The first kappa shape index (κ1) is 14.3. The van der Waals surface area contributed by atoms with Crippen LogP contribution in [0.3, 0.4) is 0 Å². The molecule has 0 saturated carbocycles. The first-order valence-corrected chi connectivity index (χ1v) is 7.57. The highest BCUT2D eigenvalue weighted by atomic mass is 127. The number of halogens is 1. The second-order valence-corrected chi connectivity index (χ2v) is 5.77. The van der Waals surface area contributed by atoms with E-state index in [2.05, 4.69) is 27.9 Å². The lowest BCUT2D eigenvalue weighted by atomic mass is 10.1. The summed E-state index contributed by atoms with van der Waals surface area (Å²) in [5.74, 6) is -0.172.